The van der Waals surface area contributed by atoms with Crippen LogP contribution in [0, 0.1) is 5.92 Å². The van der Waals surface area contributed by atoms with Gasteiger partial charge in [-0.15, -0.1) is 0 Å². The van der Waals surface area contributed by atoms with Crippen LogP contribution in [0.3, 0.4) is 0 Å². The Morgan fingerprint density at radius 3 is 1.80 bits per heavy atom. The van der Waals surface area contributed by atoms with Gasteiger partial charge in [-0.3, -0.25) is 0 Å². The van der Waals surface area contributed by atoms with Crippen molar-refractivity contribution in [3.05, 3.63) is 0 Å². The molecule has 10 heavy (non-hydrogen) atoms. The zero-order chi connectivity index (χ0) is 7.98. The molecule has 1 rings (SSSR count). The van der Waals surface area contributed by atoms with Gasteiger partial charge in [0.1, 0.15) is 0 Å². The molecular formula is C8H19NO. The first-order valence-corrected chi connectivity index (χ1v) is 3.99. The summed E-state index contributed by atoms with van der Waals surface area (Å²) in [6.45, 7) is 2.31. The molecule has 62 valence electrons. The highest BCUT2D eigenvalue weighted by atomic mass is 16.2. The predicted octanol–water partition coefficient (Wildman–Crippen LogP) is 1.13. The van der Waals surface area contributed by atoms with E-state index < -0.39 is 0 Å². The maximum Gasteiger partial charge on any atom is 0.0319 e. The minimum Gasteiger partial charge on any atom is -0.400 e. The fourth-order valence-corrected chi connectivity index (χ4v) is 1.29. The van der Waals surface area contributed by atoms with Gasteiger partial charge in [0, 0.05) is 13.2 Å². The van der Waals surface area contributed by atoms with Crippen molar-refractivity contribution in [2.75, 3.05) is 7.11 Å². The van der Waals surface area contributed by atoms with Gasteiger partial charge in [0.25, 0.3) is 0 Å². The van der Waals surface area contributed by atoms with Gasteiger partial charge in [-0.05, 0) is 31.6 Å². The van der Waals surface area contributed by atoms with Crippen molar-refractivity contribution in [2.45, 2.75) is 38.6 Å². The Labute approximate surface area is 63.4 Å². The van der Waals surface area contributed by atoms with Crippen LogP contribution in [0.2, 0.25) is 0 Å². The summed E-state index contributed by atoms with van der Waals surface area (Å²) in [4.78, 5) is 0. The lowest BCUT2D eigenvalue weighted by atomic mass is 9.88. The fraction of sp³-hybridized carbons (Fsp3) is 1.00. The topological polar surface area (TPSA) is 46.2 Å². The highest BCUT2D eigenvalue weighted by molar-refractivity contribution is 4.70. The molecule has 0 radical (unpaired) electrons. The van der Waals surface area contributed by atoms with Crippen molar-refractivity contribution >= 4 is 0 Å². The lowest BCUT2D eigenvalue weighted by molar-refractivity contribution is 0.348. The van der Waals surface area contributed by atoms with E-state index in [0.717, 1.165) is 13.0 Å². The Morgan fingerprint density at radius 1 is 1.10 bits per heavy atom. The van der Waals surface area contributed by atoms with Gasteiger partial charge in [0.15, 0.2) is 0 Å². The molecule has 1 aliphatic carbocycles. The molecule has 0 aliphatic heterocycles. The van der Waals surface area contributed by atoms with Gasteiger partial charge in [0.05, 0.1) is 0 Å². The monoisotopic (exact) mass is 145 g/mol. The number of nitrogens with two attached hydrogens (primary N) is 1. The average molecular weight is 145 g/mol. The number of hydrogen-bond acceptors (Lipinski definition) is 2. The number of rotatable bonds is 0. The molecule has 1 saturated carbocycles. The molecular weight excluding hydrogens is 126 g/mol. The minimum absolute atomic E-state index is 0.520. The minimum atomic E-state index is 0.520. The summed E-state index contributed by atoms with van der Waals surface area (Å²) in [5, 5.41) is 7.00. The van der Waals surface area contributed by atoms with E-state index in [-0.39, 0.29) is 0 Å². The summed E-state index contributed by atoms with van der Waals surface area (Å²) in [6.07, 6.45) is 5.20. The molecule has 3 N–H and O–H groups in total. The standard InChI is InChI=1S/C7H15N.CH4O/c1-6-2-4-7(8)5-3-6;1-2/h6-7H,2-5,8H2,1H3;2H,1H3. The molecule has 0 amide bonds. The number of hydrogen-bond donors (Lipinski definition) is 2. The molecule has 2 nitrogen and oxygen atoms in total. The second-order valence-electron chi connectivity index (χ2n) is 3.02. The summed E-state index contributed by atoms with van der Waals surface area (Å²) in [5.74, 6) is 0.940. The molecule has 0 aromatic heterocycles. The summed E-state index contributed by atoms with van der Waals surface area (Å²) < 4.78 is 0. The van der Waals surface area contributed by atoms with Crippen LogP contribution in [-0.2, 0) is 0 Å². The van der Waals surface area contributed by atoms with Gasteiger partial charge in [-0.2, -0.15) is 0 Å². The lowest BCUT2D eigenvalue weighted by Gasteiger charge is -2.22. The third-order valence-electron chi connectivity index (χ3n) is 2.06. The average Bonchev–Trinajstić information content (AvgIpc) is 2.00. The number of aliphatic hydroxyl groups excluding tert-OH is 1. The largest absolute Gasteiger partial charge is 0.400 e. The Bertz CT molecular complexity index is 57.7. The zero-order valence-corrected chi connectivity index (χ0v) is 7.01. The van der Waals surface area contributed by atoms with Crippen molar-refractivity contribution < 1.29 is 5.11 Å². The van der Waals surface area contributed by atoms with Crippen molar-refractivity contribution in [3.8, 4) is 0 Å². The molecule has 0 aromatic carbocycles. The van der Waals surface area contributed by atoms with Crippen LogP contribution in [-0.4, -0.2) is 18.3 Å². The van der Waals surface area contributed by atoms with E-state index in [1.807, 2.05) is 0 Å². The molecule has 2 heteroatoms. The first-order chi connectivity index (χ1) is 4.79. The van der Waals surface area contributed by atoms with Crippen molar-refractivity contribution in [1.29, 1.82) is 0 Å². The maximum absolute atomic E-state index is 7.00. The van der Waals surface area contributed by atoms with E-state index in [1.165, 1.54) is 25.7 Å². The zero-order valence-electron chi connectivity index (χ0n) is 7.01. The molecule has 1 fully saturated rings. The van der Waals surface area contributed by atoms with Gasteiger partial charge < -0.3 is 10.8 Å². The van der Waals surface area contributed by atoms with E-state index >= 15 is 0 Å². The van der Waals surface area contributed by atoms with Gasteiger partial charge in [-0.1, -0.05) is 6.92 Å². The third-order valence-corrected chi connectivity index (χ3v) is 2.06. The lowest BCUT2D eigenvalue weighted by Crippen LogP contribution is -2.25. The van der Waals surface area contributed by atoms with E-state index in [4.69, 9.17) is 10.8 Å². The smallest absolute Gasteiger partial charge is 0.0319 e. The van der Waals surface area contributed by atoms with E-state index in [2.05, 4.69) is 6.92 Å². The van der Waals surface area contributed by atoms with Gasteiger partial charge in [0.2, 0.25) is 0 Å². The molecule has 0 heterocycles. The third kappa shape index (κ3) is 3.85. The Kier molecular flexibility index (Phi) is 5.64. The van der Waals surface area contributed by atoms with Crippen molar-refractivity contribution in [2.24, 2.45) is 11.7 Å². The Hall–Kier alpha value is -0.0800. The second kappa shape index (κ2) is 5.69. The van der Waals surface area contributed by atoms with E-state index in [1.54, 1.807) is 0 Å². The molecule has 0 aromatic rings. The van der Waals surface area contributed by atoms with Crippen molar-refractivity contribution in [3.63, 3.8) is 0 Å². The fourth-order valence-electron chi connectivity index (χ4n) is 1.29. The quantitative estimate of drug-likeness (QED) is 0.537. The molecule has 0 unspecified atom stereocenters. The SMILES string of the molecule is CC1CCC(N)CC1.CO. The Morgan fingerprint density at radius 2 is 1.50 bits per heavy atom. The summed E-state index contributed by atoms with van der Waals surface area (Å²) >= 11 is 0. The van der Waals surface area contributed by atoms with Crippen LogP contribution < -0.4 is 5.73 Å². The first kappa shape index (κ1) is 9.92. The highest BCUT2D eigenvalue weighted by Crippen LogP contribution is 2.21. The van der Waals surface area contributed by atoms with Gasteiger partial charge >= 0.3 is 0 Å². The van der Waals surface area contributed by atoms with E-state index in [0.29, 0.717) is 6.04 Å². The van der Waals surface area contributed by atoms with Crippen LogP contribution in [0.5, 0.6) is 0 Å². The molecule has 0 spiro atoms. The van der Waals surface area contributed by atoms with Gasteiger partial charge in [-0.25, -0.2) is 0 Å². The molecule has 0 bridgehead atoms. The van der Waals surface area contributed by atoms with Crippen LogP contribution in [0.4, 0.5) is 0 Å². The van der Waals surface area contributed by atoms with E-state index in [9.17, 15) is 0 Å². The summed E-state index contributed by atoms with van der Waals surface area (Å²) in [6, 6.07) is 0.520. The summed E-state index contributed by atoms with van der Waals surface area (Å²) in [5.41, 5.74) is 5.70. The van der Waals surface area contributed by atoms with Crippen LogP contribution in [0.15, 0.2) is 0 Å². The van der Waals surface area contributed by atoms with Crippen molar-refractivity contribution in [1.82, 2.24) is 0 Å². The van der Waals surface area contributed by atoms with Crippen LogP contribution >= 0.6 is 0 Å². The predicted molar refractivity (Wildman–Crippen MR) is 43.8 cm³/mol. The second-order valence-corrected chi connectivity index (χ2v) is 3.02. The Balaban J connectivity index is 0.000000371. The van der Waals surface area contributed by atoms with Crippen LogP contribution in [0.25, 0.3) is 0 Å². The maximum atomic E-state index is 7.00. The van der Waals surface area contributed by atoms with Crippen LogP contribution in [0.1, 0.15) is 32.6 Å². The molecule has 1 aliphatic rings. The summed E-state index contributed by atoms with van der Waals surface area (Å²) in [7, 11) is 1.00. The number of aliphatic hydroxyl groups is 1. The first-order valence-electron chi connectivity index (χ1n) is 3.99. The molecule has 0 atom stereocenters. The highest BCUT2D eigenvalue weighted by Gasteiger charge is 2.13. The normalized spacial score (nSPS) is 32.4. The molecule has 0 saturated heterocycles.